The third-order valence-corrected chi connectivity index (χ3v) is 6.64. The van der Waals surface area contributed by atoms with Crippen LogP contribution in [0.15, 0.2) is 18.2 Å². The molecule has 0 bridgehead atoms. The summed E-state index contributed by atoms with van der Waals surface area (Å²) in [5.74, 6) is -0.270. The van der Waals surface area contributed by atoms with Crippen molar-refractivity contribution in [3.63, 3.8) is 0 Å². The zero-order chi connectivity index (χ0) is 19.3. The quantitative estimate of drug-likeness (QED) is 0.765. The second-order valence-corrected chi connectivity index (χ2v) is 8.32. The van der Waals surface area contributed by atoms with Crippen molar-refractivity contribution in [2.24, 2.45) is 0 Å². The number of hydrogen-bond acceptors (Lipinski definition) is 6. The molecule has 0 aromatic heterocycles. The van der Waals surface area contributed by atoms with Crippen molar-refractivity contribution in [1.82, 2.24) is 10.2 Å². The van der Waals surface area contributed by atoms with Gasteiger partial charge in [0.15, 0.2) is 9.84 Å². The summed E-state index contributed by atoms with van der Waals surface area (Å²) in [5.41, 5.74) is 0.403. The SMILES string of the molecule is CNC(=O)CS(=O)(=O)C1CCN(C(=O)c2ccc(OC)cc2OC)CC1. The van der Waals surface area contributed by atoms with Crippen molar-refractivity contribution in [3.8, 4) is 11.5 Å². The van der Waals surface area contributed by atoms with Crippen LogP contribution in [0.4, 0.5) is 0 Å². The highest BCUT2D eigenvalue weighted by Gasteiger charge is 2.33. The molecule has 1 N–H and O–H groups in total. The first-order chi connectivity index (χ1) is 12.3. The highest BCUT2D eigenvalue weighted by Crippen LogP contribution is 2.27. The smallest absolute Gasteiger partial charge is 0.257 e. The van der Waals surface area contributed by atoms with Crippen LogP contribution in [-0.2, 0) is 14.6 Å². The Morgan fingerprint density at radius 2 is 1.85 bits per heavy atom. The number of carbonyl (C=O) groups is 2. The minimum Gasteiger partial charge on any atom is -0.497 e. The number of likely N-dealkylation sites (tertiary alicyclic amines) is 1. The molecule has 1 heterocycles. The van der Waals surface area contributed by atoms with Crippen molar-refractivity contribution >= 4 is 21.7 Å². The van der Waals surface area contributed by atoms with Crippen molar-refractivity contribution in [2.45, 2.75) is 18.1 Å². The highest BCUT2D eigenvalue weighted by atomic mass is 32.2. The van der Waals surface area contributed by atoms with Gasteiger partial charge in [0.1, 0.15) is 17.3 Å². The van der Waals surface area contributed by atoms with Gasteiger partial charge in [0, 0.05) is 26.2 Å². The van der Waals surface area contributed by atoms with Gasteiger partial charge in [0.2, 0.25) is 5.91 Å². The van der Waals surface area contributed by atoms with E-state index in [1.165, 1.54) is 21.3 Å². The molecule has 1 aliphatic heterocycles. The highest BCUT2D eigenvalue weighted by molar-refractivity contribution is 7.92. The van der Waals surface area contributed by atoms with E-state index in [0.717, 1.165) is 0 Å². The lowest BCUT2D eigenvalue weighted by Gasteiger charge is -2.32. The van der Waals surface area contributed by atoms with Crippen LogP contribution < -0.4 is 14.8 Å². The molecule has 26 heavy (non-hydrogen) atoms. The minimum absolute atomic E-state index is 0.216. The largest absolute Gasteiger partial charge is 0.497 e. The molecule has 144 valence electrons. The molecule has 2 amide bonds. The van der Waals surface area contributed by atoms with Crippen LogP contribution in [0.1, 0.15) is 23.2 Å². The fourth-order valence-electron chi connectivity index (χ4n) is 2.94. The molecule has 0 unspecified atom stereocenters. The van der Waals surface area contributed by atoms with Gasteiger partial charge in [-0.05, 0) is 25.0 Å². The molecule has 0 saturated carbocycles. The maximum absolute atomic E-state index is 12.8. The van der Waals surface area contributed by atoms with E-state index in [1.807, 2.05) is 0 Å². The minimum atomic E-state index is -3.52. The molecule has 2 rings (SSSR count). The van der Waals surface area contributed by atoms with Crippen molar-refractivity contribution < 1.29 is 27.5 Å². The fraction of sp³-hybridized carbons (Fsp3) is 0.529. The van der Waals surface area contributed by atoms with E-state index in [0.29, 0.717) is 43.0 Å². The maximum Gasteiger partial charge on any atom is 0.257 e. The van der Waals surface area contributed by atoms with Gasteiger partial charge in [0.25, 0.3) is 5.91 Å². The molecule has 1 aliphatic rings. The Morgan fingerprint density at radius 1 is 1.19 bits per heavy atom. The molecule has 0 radical (unpaired) electrons. The maximum atomic E-state index is 12.8. The normalized spacial score (nSPS) is 15.4. The summed E-state index contributed by atoms with van der Waals surface area (Å²) in [6.45, 7) is 0.622. The van der Waals surface area contributed by atoms with Crippen LogP contribution >= 0.6 is 0 Å². The van der Waals surface area contributed by atoms with Gasteiger partial charge in [0.05, 0.1) is 25.0 Å². The second-order valence-electron chi connectivity index (χ2n) is 6.04. The lowest BCUT2D eigenvalue weighted by atomic mass is 10.1. The van der Waals surface area contributed by atoms with Gasteiger partial charge in [-0.1, -0.05) is 0 Å². The first kappa shape index (κ1) is 20.0. The Morgan fingerprint density at radius 3 is 2.38 bits per heavy atom. The summed E-state index contributed by atoms with van der Waals surface area (Å²) in [4.78, 5) is 25.7. The standard InChI is InChI=1S/C17H24N2O6S/c1-18-16(20)11-26(22,23)13-6-8-19(9-7-13)17(21)14-5-4-12(24-2)10-15(14)25-3/h4-5,10,13H,6-9,11H2,1-3H3,(H,18,20). The summed E-state index contributed by atoms with van der Waals surface area (Å²) in [5, 5.41) is 1.71. The Balaban J connectivity index is 2.06. The molecule has 9 heteroatoms. The van der Waals surface area contributed by atoms with E-state index in [1.54, 1.807) is 23.1 Å². The first-order valence-corrected chi connectivity index (χ1v) is 9.97. The number of nitrogens with zero attached hydrogens (tertiary/aromatic N) is 1. The van der Waals surface area contributed by atoms with Gasteiger partial charge < -0.3 is 19.7 Å². The molecule has 1 aromatic rings. The summed E-state index contributed by atoms with van der Waals surface area (Å²) in [6, 6.07) is 4.94. The summed E-state index contributed by atoms with van der Waals surface area (Å²) in [6.07, 6.45) is 0.618. The van der Waals surface area contributed by atoms with Crippen molar-refractivity contribution in [2.75, 3.05) is 40.1 Å². The van der Waals surface area contributed by atoms with Crippen LogP contribution in [-0.4, -0.2) is 70.5 Å². The monoisotopic (exact) mass is 384 g/mol. The molecule has 0 atom stereocenters. The number of ether oxygens (including phenoxy) is 2. The zero-order valence-electron chi connectivity index (χ0n) is 15.1. The molecule has 0 aliphatic carbocycles. The van der Waals surface area contributed by atoms with Gasteiger partial charge in [-0.25, -0.2) is 8.42 Å². The molecule has 1 fully saturated rings. The predicted octanol–water partition coefficient (Wildman–Crippen LogP) is 0.469. The van der Waals surface area contributed by atoms with Crippen LogP contribution in [0.5, 0.6) is 11.5 Å². The van der Waals surface area contributed by atoms with Crippen LogP contribution in [0.25, 0.3) is 0 Å². The number of sulfone groups is 1. The van der Waals surface area contributed by atoms with Crippen LogP contribution in [0.3, 0.4) is 0 Å². The number of benzene rings is 1. The van der Waals surface area contributed by atoms with E-state index >= 15 is 0 Å². The van der Waals surface area contributed by atoms with E-state index in [4.69, 9.17) is 9.47 Å². The average molecular weight is 384 g/mol. The van der Waals surface area contributed by atoms with Crippen molar-refractivity contribution in [1.29, 1.82) is 0 Å². The molecule has 8 nitrogen and oxygen atoms in total. The third kappa shape index (κ3) is 4.46. The zero-order valence-corrected chi connectivity index (χ0v) is 16.0. The summed E-state index contributed by atoms with van der Waals surface area (Å²) in [7, 11) is 0.886. The van der Waals surface area contributed by atoms with Crippen LogP contribution in [0.2, 0.25) is 0 Å². The number of amides is 2. The second kappa shape index (κ2) is 8.39. The molecule has 1 aromatic carbocycles. The average Bonchev–Trinajstić information content (AvgIpc) is 2.66. The van der Waals surface area contributed by atoms with Crippen LogP contribution in [0, 0.1) is 0 Å². The fourth-order valence-corrected chi connectivity index (χ4v) is 4.61. The Bertz CT molecular complexity index is 769. The number of piperidine rings is 1. The number of carbonyl (C=O) groups excluding carboxylic acids is 2. The van der Waals surface area contributed by atoms with Gasteiger partial charge in [-0.3, -0.25) is 9.59 Å². The van der Waals surface area contributed by atoms with E-state index < -0.39 is 26.7 Å². The van der Waals surface area contributed by atoms with E-state index in [-0.39, 0.29) is 5.91 Å². The molecule has 0 spiro atoms. The lowest BCUT2D eigenvalue weighted by Crippen LogP contribution is -2.44. The van der Waals surface area contributed by atoms with E-state index in [2.05, 4.69) is 5.32 Å². The number of rotatable bonds is 6. The molecular weight excluding hydrogens is 360 g/mol. The van der Waals surface area contributed by atoms with E-state index in [9.17, 15) is 18.0 Å². The molecule has 1 saturated heterocycles. The Labute approximate surface area is 153 Å². The first-order valence-electron chi connectivity index (χ1n) is 8.25. The summed E-state index contributed by atoms with van der Waals surface area (Å²) >= 11 is 0. The Kier molecular flexibility index (Phi) is 6.47. The third-order valence-electron chi connectivity index (χ3n) is 4.49. The topological polar surface area (TPSA) is 102 Å². The predicted molar refractivity (Wildman–Crippen MR) is 96.3 cm³/mol. The van der Waals surface area contributed by atoms with Gasteiger partial charge in [-0.2, -0.15) is 0 Å². The molecular formula is C17H24N2O6S. The number of hydrogen-bond donors (Lipinski definition) is 1. The van der Waals surface area contributed by atoms with Gasteiger partial charge >= 0.3 is 0 Å². The Hall–Kier alpha value is -2.29. The number of methoxy groups -OCH3 is 2. The summed E-state index contributed by atoms with van der Waals surface area (Å²) < 4.78 is 34.9. The van der Waals surface area contributed by atoms with Gasteiger partial charge in [-0.15, -0.1) is 0 Å². The lowest BCUT2D eigenvalue weighted by molar-refractivity contribution is -0.118. The van der Waals surface area contributed by atoms with Crippen molar-refractivity contribution in [3.05, 3.63) is 23.8 Å². The number of nitrogens with one attached hydrogen (secondary N) is 1.